The summed E-state index contributed by atoms with van der Waals surface area (Å²) in [5.74, 6) is -1.73. The molecule has 5 rings (SSSR count). The van der Waals surface area contributed by atoms with Crippen LogP contribution in [0.2, 0.25) is 0 Å². The number of carbonyl (C=O) groups excluding carboxylic acids is 4. The molecule has 0 amide bonds. The molecule has 0 spiro atoms. The number of esters is 2. The second-order valence-electron chi connectivity index (χ2n) is 6.77. The fourth-order valence-corrected chi connectivity index (χ4v) is 3.61. The van der Waals surface area contributed by atoms with E-state index in [1.165, 1.54) is 38.1 Å². The molecule has 1 aliphatic rings. The molecule has 0 saturated heterocycles. The van der Waals surface area contributed by atoms with Gasteiger partial charge in [-0.3, -0.25) is 19.2 Å². The number of hydrogen-bond donors (Lipinski definition) is 0. The van der Waals surface area contributed by atoms with Crippen molar-refractivity contribution < 1.29 is 37.5 Å². The summed E-state index contributed by atoms with van der Waals surface area (Å²) in [5.41, 5.74) is 0.673. The lowest BCUT2D eigenvalue weighted by Crippen LogP contribution is -2.17. The van der Waals surface area contributed by atoms with Crippen molar-refractivity contribution in [3.8, 4) is 11.5 Å². The van der Waals surface area contributed by atoms with Crippen LogP contribution in [-0.4, -0.2) is 23.5 Å². The van der Waals surface area contributed by atoms with Crippen LogP contribution in [0.15, 0.2) is 45.2 Å². The van der Waals surface area contributed by atoms with Gasteiger partial charge in [-0.2, -0.15) is 0 Å². The van der Waals surface area contributed by atoms with Crippen molar-refractivity contribution in [2.75, 3.05) is 0 Å². The molecule has 2 aromatic carbocycles. The zero-order chi connectivity index (χ0) is 21.2. The summed E-state index contributed by atoms with van der Waals surface area (Å²) in [5, 5.41) is 0.817. The Bertz CT molecular complexity index is 1320. The standard InChI is InChI=1S/C22H12O8/c1-9(23)27-11-3-5-13-15(7-11)29-21-17(13)19(25)22-18(20(21)26)14-6-4-12(28-10(2)24)8-16(14)30-22/h3-8H,1-2H3. The first kappa shape index (κ1) is 17.9. The molecule has 8 nitrogen and oxygen atoms in total. The Kier molecular flexibility index (Phi) is 3.66. The minimum atomic E-state index is -0.503. The van der Waals surface area contributed by atoms with Gasteiger partial charge in [-0.05, 0) is 24.3 Å². The Morgan fingerprint density at radius 1 is 0.700 bits per heavy atom. The highest BCUT2D eigenvalue weighted by atomic mass is 16.5. The summed E-state index contributed by atoms with van der Waals surface area (Å²) in [6, 6.07) is 9.01. The summed E-state index contributed by atoms with van der Waals surface area (Å²) in [6.07, 6.45) is 0. The lowest BCUT2D eigenvalue weighted by molar-refractivity contribution is -0.132. The van der Waals surface area contributed by atoms with E-state index in [0.717, 1.165) is 0 Å². The van der Waals surface area contributed by atoms with Gasteiger partial charge in [0.15, 0.2) is 11.5 Å². The molecule has 0 atom stereocenters. The van der Waals surface area contributed by atoms with Crippen molar-refractivity contribution in [1.29, 1.82) is 0 Å². The van der Waals surface area contributed by atoms with Crippen LogP contribution in [0.3, 0.4) is 0 Å². The average molecular weight is 404 g/mol. The lowest BCUT2D eigenvalue weighted by Gasteiger charge is -2.07. The molecular weight excluding hydrogens is 392 g/mol. The molecule has 0 unspecified atom stereocenters. The van der Waals surface area contributed by atoms with E-state index in [1.54, 1.807) is 12.1 Å². The first-order valence-electron chi connectivity index (χ1n) is 8.93. The SMILES string of the molecule is CC(=O)Oc1ccc2c3c(oc2c1)C(=O)c1c(oc2cc(OC(C)=O)ccc12)C3=O. The van der Waals surface area contributed by atoms with Crippen LogP contribution in [0, 0.1) is 0 Å². The minimum absolute atomic E-state index is 0.0936. The van der Waals surface area contributed by atoms with Gasteiger partial charge in [-0.1, -0.05) is 0 Å². The minimum Gasteiger partial charge on any atom is -0.452 e. The van der Waals surface area contributed by atoms with E-state index < -0.39 is 23.5 Å². The first-order chi connectivity index (χ1) is 14.3. The predicted molar refractivity (Wildman–Crippen MR) is 102 cm³/mol. The van der Waals surface area contributed by atoms with Gasteiger partial charge in [0, 0.05) is 36.8 Å². The molecule has 4 aromatic rings. The third kappa shape index (κ3) is 2.54. The maximum Gasteiger partial charge on any atom is 0.308 e. The largest absolute Gasteiger partial charge is 0.452 e. The third-order valence-corrected chi connectivity index (χ3v) is 4.71. The van der Waals surface area contributed by atoms with Crippen LogP contribution in [0.5, 0.6) is 11.5 Å². The van der Waals surface area contributed by atoms with E-state index in [4.69, 9.17) is 18.3 Å². The number of ketones is 2. The van der Waals surface area contributed by atoms with Gasteiger partial charge >= 0.3 is 11.9 Å². The topological polar surface area (TPSA) is 113 Å². The van der Waals surface area contributed by atoms with Crippen molar-refractivity contribution in [3.63, 3.8) is 0 Å². The molecule has 148 valence electrons. The van der Waals surface area contributed by atoms with Gasteiger partial charge in [0.25, 0.3) is 0 Å². The summed E-state index contributed by atoms with van der Waals surface area (Å²) in [6.45, 7) is 2.53. The van der Waals surface area contributed by atoms with E-state index >= 15 is 0 Å². The molecule has 0 N–H and O–H groups in total. The highest BCUT2D eigenvalue weighted by Crippen LogP contribution is 2.40. The van der Waals surface area contributed by atoms with Crippen molar-refractivity contribution in [3.05, 3.63) is 59.0 Å². The van der Waals surface area contributed by atoms with Crippen LogP contribution in [0.4, 0.5) is 0 Å². The van der Waals surface area contributed by atoms with Gasteiger partial charge in [0.1, 0.15) is 22.7 Å². The highest BCUT2D eigenvalue weighted by molar-refractivity contribution is 6.33. The zero-order valence-electron chi connectivity index (χ0n) is 15.7. The third-order valence-electron chi connectivity index (χ3n) is 4.71. The number of rotatable bonds is 2. The van der Waals surface area contributed by atoms with Gasteiger partial charge < -0.3 is 18.3 Å². The van der Waals surface area contributed by atoms with Crippen molar-refractivity contribution in [2.45, 2.75) is 13.8 Å². The molecular formula is C22H12O8. The molecule has 0 fully saturated rings. The maximum absolute atomic E-state index is 13.1. The number of benzene rings is 2. The van der Waals surface area contributed by atoms with Crippen LogP contribution in [0.25, 0.3) is 21.9 Å². The molecule has 0 bridgehead atoms. The lowest BCUT2D eigenvalue weighted by atomic mass is 9.91. The van der Waals surface area contributed by atoms with E-state index in [-0.39, 0.29) is 45.3 Å². The molecule has 0 aliphatic heterocycles. The van der Waals surface area contributed by atoms with Crippen LogP contribution in [0.1, 0.15) is 46.1 Å². The predicted octanol–water partition coefficient (Wildman–Crippen LogP) is 3.81. The van der Waals surface area contributed by atoms with Gasteiger partial charge in [-0.15, -0.1) is 0 Å². The molecule has 0 saturated carbocycles. The summed E-state index contributed by atoms with van der Waals surface area (Å²) >= 11 is 0. The Morgan fingerprint density at radius 2 is 1.10 bits per heavy atom. The molecule has 2 heterocycles. The zero-order valence-corrected chi connectivity index (χ0v) is 15.7. The molecule has 1 aliphatic carbocycles. The fourth-order valence-electron chi connectivity index (χ4n) is 3.61. The van der Waals surface area contributed by atoms with E-state index in [9.17, 15) is 19.2 Å². The maximum atomic E-state index is 13.1. The Balaban J connectivity index is 1.67. The number of fused-ring (bicyclic) bond motifs is 6. The molecule has 0 radical (unpaired) electrons. The quantitative estimate of drug-likeness (QED) is 0.322. The molecule has 30 heavy (non-hydrogen) atoms. The Morgan fingerprint density at radius 3 is 1.47 bits per heavy atom. The van der Waals surface area contributed by atoms with E-state index in [1.807, 2.05) is 0 Å². The van der Waals surface area contributed by atoms with Crippen molar-refractivity contribution >= 4 is 45.4 Å². The van der Waals surface area contributed by atoms with E-state index in [2.05, 4.69) is 0 Å². The van der Waals surface area contributed by atoms with Crippen LogP contribution in [-0.2, 0) is 9.59 Å². The van der Waals surface area contributed by atoms with Gasteiger partial charge in [0.2, 0.25) is 11.6 Å². The number of carbonyl (C=O) groups is 4. The fraction of sp³-hybridized carbons (Fsp3) is 0.0909. The summed E-state index contributed by atoms with van der Waals surface area (Å²) in [4.78, 5) is 48.6. The van der Waals surface area contributed by atoms with Crippen LogP contribution >= 0.6 is 0 Å². The van der Waals surface area contributed by atoms with Crippen molar-refractivity contribution in [2.24, 2.45) is 0 Å². The monoisotopic (exact) mass is 404 g/mol. The smallest absolute Gasteiger partial charge is 0.308 e. The summed E-state index contributed by atoms with van der Waals surface area (Å²) in [7, 11) is 0. The number of hydrogen-bond acceptors (Lipinski definition) is 8. The number of furan rings is 2. The summed E-state index contributed by atoms with van der Waals surface area (Å²) < 4.78 is 21.4. The van der Waals surface area contributed by atoms with Gasteiger partial charge in [-0.25, -0.2) is 0 Å². The Hall–Kier alpha value is -4.20. The second-order valence-corrected chi connectivity index (χ2v) is 6.77. The van der Waals surface area contributed by atoms with Gasteiger partial charge in [0.05, 0.1) is 11.1 Å². The first-order valence-corrected chi connectivity index (χ1v) is 8.93. The number of ether oxygens (including phenoxy) is 2. The molecule has 2 aromatic heterocycles. The average Bonchev–Trinajstić information content (AvgIpc) is 3.23. The Labute approximate surface area is 167 Å². The molecule has 8 heteroatoms. The van der Waals surface area contributed by atoms with Crippen molar-refractivity contribution in [1.82, 2.24) is 0 Å². The highest BCUT2D eigenvalue weighted by Gasteiger charge is 2.39. The van der Waals surface area contributed by atoms with E-state index in [0.29, 0.717) is 10.8 Å². The normalized spacial score (nSPS) is 12.7. The second kappa shape index (κ2) is 6.15. The van der Waals surface area contributed by atoms with Crippen LogP contribution < -0.4 is 9.47 Å².